The van der Waals surface area contributed by atoms with Gasteiger partial charge in [0.05, 0.1) is 6.04 Å². The van der Waals surface area contributed by atoms with E-state index in [1.165, 1.54) is 4.90 Å². The molecule has 1 N–H and O–H groups in total. The van der Waals surface area contributed by atoms with Crippen molar-refractivity contribution in [3.8, 4) is 0 Å². The third kappa shape index (κ3) is 0.632. The average Bonchev–Trinajstić information content (AvgIpc) is 2.44. The van der Waals surface area contributed by atoms with E-state index in [2.05, 4.69) is 6.08 Å². The Morgan fingerprint density at radius 3 is 2.70 bits per heavy atom. The standard InChI is InChI=1S/C7H9NO2/c9-7(10)8-4-5-1-2-6(8)3-5/h1-2,5-6H,3-4H2,(H,9,10)/t5-,6-/m0/s1. The topological polar surface area (TPSA) is 40.5 Å². The number of fused-ring (bicyclic) bond motifs is 2. The van der Waals surface area contributed by atoms with E-state index in [-0.39, 0.29) is 6.04 Å². The minimum absolute atomic E-state index is 0.183. The highest BCUT2D eigenvalue weighted by molar-refractivity contribution is 5.66. The van der Waals surface area contributed by atoms with E-state index in [0.717, 1.165) is 6.42 Å². The van der Waals surface area contributed by atoms with E-state index in [9.17, 15) is 4.79 Å². The Morgan fingerprint density at radius 2 is 2.40 bits per heavy atom. The minimum Gasteiger partial charge on any atom is -0.465 e. The first kappa shape index (κ1) is 5.77. The van der Waals surface area contributed by atoms with Gasteiger partial charge >= 0.3 is 6.09 Å². The van der Waals surface area contributed by atoms with Crippen LogP contribution in [0.25, 0.3) is 0 Å². The van der Waals surface area contributed by atoms with Crippen LogP contribution in [0.15, 0.2) is 12.2 Å². The lowest BCUT2D eigenvalue weighted by Gasteiger charge is -2.19. The monoisotopic (exact) mass is 139 g/mol. The first-order valence-corrected chi connectivity index (χ1v) is 3.45. The highest BCUT2D eigenvalue weighted by Gasteiger charge is 2.36. The number of rotatable bonds is 0. The first-order valence-electron chi connectivity index (χ1n) is 3.45. The van der Waals surface area contributed by atoms with E-state index in [4.69, 9.17) is 5.11 Å². The molecule has 0 spiro atoms. The van der Waals surface area contributed by atoms with Gasteiger partial charge in [0.15, 0.2) is 0 Å². The van der Waals surface area contributed by atoms with Crippen molar-refractivity contribution in [1.82, 2.24) is 4.90 Å². The van der Waals surface area contributed by atoms with Crippen LogP contribution < -0.4 is 0 Å². The summed E-state index contributed by atoms with van der Waals surface area (Å²) in [6, 6.07) is 0.183. The maximum absolute atomic E-state index is 10.5. The summed E-state index contributed by atoms with van der Waals surface area (Å²) in [5.41, 5.74) is 0. The average molecular weight is 139 g/mol. The molecule has 1 saturated heterocycles. The van der Waals surface area contributed by atoms with Crippen LogP contribution in [-0.2, 0) is 0 Å². The molecule has 0 aromatic heterocycles. The van der Waals surface area contributed by atoms with Crippen molar-refractivity contribution in [3.63, 3.8) is 0 Å². The molecule has 1 aliphatic heterocycles. The second-order valence-electron chi connectivity index (χ2n) is 2.88. The highest BCUT2D eigenvalue weighted by atomic mass is 16.4. The molecule has 0 saturated carbocycles. The van der Waals surface area contributed by atoms with Crippen LogP contribution in [0.2, 0.25) is 0 Å². The molecule has 0 radical (unpaired) electrons. The number of hydrogen-bond donors (Lipinski definition) is 1. The van der Waals surface area contributed by atoms with Gasteiger partial charge in [-0.25, -0.2) is 4.79 Å². The van der Waals surface area contributed by atoms with Crippen molar-refractivity contribution in [3.05, 3.63) is 12.2 Å². The summed E-state index contributed by atoms with van der Waals surface area (Å²) in [4.78, 5) is 12.0. The smallest absolute Gasteiger partial charge is 0.407 e. The van der Waals surface area contributed by atoms with Crippen molar-refractivity contribution in [2.45, 2.75) is 12.5 Å². The maximum atomic E-state index is 10.5. The Kier molecular flexibility index (Phi) is 1.01. The van der Waals surface area contributed by atoms with E-state index in [1.807, 2.05) is 6.08 Å². The van der Waals surface area contributed by atoms with Gasteiger partial charge in [0.25, 0.3) is 0 Å². The van der Waals surface area contributed by atoms with Crippen LogP contribution in [-0.4, -0.2) is 28.7 Å². The molecule has 2 atom stereocenters. The van der Waals surface area contributed by atoms with Crippen LogP contribution in [0.1, 0.15) is 6.42 Å². The molecule has 3 nitrogen and oxygen atoms in total. The molecule has 1 fully saturated rings. The Morgan fingerprint density at radius 1 is 1.60 bits per heavy atom. The minimum atomic E-state index is -0.781. The fourth-order valence-corrected chi connectivity index (χ4v) is 1.73. The first-order chi connectivity index (χ1) is 4.77. The molecule has 1 aliphatic carbocycles. The van der Waals surface area contributed by atoms with Gasteiger partial charge in [0.2, 0.25) is 0 Å². The molecule has 2 rings (SSSR count). The molecular formula is C7H9NO2. The molecule has 0 unspecified atom stereocenters. The number of carboxylic acid groups (broad SMARTS) is 1. The molecule has 2 aliphatic rings. The third-order valence-corrected chi connectivity index (χ3v) is 2.23. The van der Waals surface area contributed by atoms with Gasteiger partial charge in [-0.05, 0) is 12.3 Å². The fourth-order valence-electron chi connectivity index (χ4n) is 1.73. The zero-order valence-electron chi connectivity index (χ0n) is 5.53. The summed E-state index contributed by atoms with van der Waals surface area (Å²) in [6.45, 7) is 0.705. The van der Waals surface area contributed by atoms with Crippen molar-refractivity contribution < 1.29 is 9.90 Å². The van der Waals surface area contributed by atoms with Gasteiger partial charge < -0.3 is 10.0 Å². The predicted molar refractivity (Wildman–Crippen MR) is 35.8 cm³/mol. The number of carbonyl (C=O) groups is 1. The number of amides is 1. The Balaban J connectivity index is 2.16. The molecular weight excluding hydrogens is 130 g/mol. The Bertz CT molecular complexity index is 200. The van der Waals surface area contributed by atoms with E-state index < -0.39 is 6.09 Å². The zero-order valence-corrected chi connectivity index (χ0v) is 5.53. The van der Waals surface area contributed by atoms with Crippen molar-refractivity contribution in [2.24, 2.45) is 5.92 Å². The van der Waals surface area contributed by atoms with Crippen LogP contribution in [0.5, 0.6) is 0 Å². The van der Waals surface area contributed by atoms with Gasteiger partial charge in [0, 0.05) is 6.54 Å². The molecule has 54 valence electrons. The van der Waals surface area contributed by atoms with Gasteiger partial charge in [-0.3, -0.25) is 0 Å². The second-order valence-corrected chi connectivity index (χ2v) is 2.88. The fraction of sp³-hybridized carbons (Fsp3) is 0.571. The Labute approximate surface area is 58.9 Å². The molecule has 2 bridgehead atoms. The van der Waals surface area contributed by atoms with Gasteiger partial charge in [-0.15, -0.1) is 0 Å². The molecule has 3 heteroatoms. The zero-order chi connectivity index (χ0) is 7.14. The molecule has 1 amide bonds. The maximum Gasteiger partial charge on any atom is 0.407 e. The lowest BCUT2D eigenvalue weighted by molar-refractivity contribution is 0.145. The summed E-state index contributed by atoms with van der Waals surface area (Å²) < 4.78 is 0. The lowest BCUT2D eigenvalue weighted by Crippen LogP contribution is -2.34. The lowest BCUT2D eigenvalue weighted by atomic mass is 10.2. The molecule has 1 heterocycles. The number of hydrogen-bond acceptors (Lipinski definition) is 1. The summed E-state index contributed by atoms with van der Waals surface area (Å²) in [5.74, 6) is 0.501. The van der Waals surface area contributed by atoms with Crippen LogP contribution in [0.3, 0.4) is 0 Å². The summed E-state index contributed by atoms with van der Waals surface area (Å²) in [7, 11) is 0. The second kappa shape index (κ2) is 1.75. The number of nitrogens with zero attached hydrogens (tertiary/aromatic N) is 1. The molecule has 0 aromatic carbocycles. The normalized spacial score (nSPS) is 35.4. The Hall–Kier alpha value is -0.990. The van der Waals surface area contributed by atoms with E-state index in [0.29, 0.717) is 12.5 Å². The van der Waals surface area contributed by atoms with Crippen molar-refractivity contribution in [1.29, 1.82) is 0 Å². The largest absolute Gasteiger partial charge is 0.465 e. The van der Waals surface area contributed by atoms with Crippen LogP contribution in [0.4, 0.5) is 4.79 Å². The molecule has 10 heavy (non-hydrogen) atoms. The van der Waals surface area contributed by atoms with Gasteiger partial charge in [-0.2, -0.15) is 0 Å². The van der Waals surface area contributed by atoms with E-state index >= 15 is 0 Å². The van der Waals surface area contributed by atoms with Crippen LogP contribution >= 0.6 is 0 Å². The van der Waals surface area contributed by atoms with Gasteiger partial charge in [0.1, 0.15) is 0 Å². The van der Waals surface area contributed by atoms with Crippen LogP contribution in [0, 0.1) is 5.92 Å². The summed E-state index contributed by atoms with van der Waals surface area (Å²) in [5, 5.41) is 8.63. The summed E-state index contributed by atoms with van der Waals surface area (Å²) >= 11 is 0. The number of likely N-dealkylation sites (tertiary alicyclic amines) is 1. The van der Waals surface area contributed by atoms with Gasteiger partial charge in [-0.1, -0.05) is 12.2 Å². The third-order valence-electron chi connectivity index (χ3n) is 2.23. The predicted octanol–water partition coefficient (Wildman–Crippen LogP) is 0.925. The van der Waals surface area contributed by atoms with Crippen molar-refractivity contribution in [2.75, 3.05) is 6.54 Å². The van der Waals surface area contributed by atoms with Crippen molar-refractivity contribution >= 4 is 6.09 Å². The quantitative estimate of drug-likeness (QED) is 0.507. The van der Waals surface area contributed by atoms with E-state index in [1.54, 1.807) is 0 Å². The SMILES string of the molecule is O=C(O)N1C[C@H]2C=C[C@H]1C2. The molecule has 0 aromatic rings. The highest BCUT2D eigenvalue weighted by Crippen LogP contribution is 2.30. The summed E-state index contributed by atoms with van der Waals surface area (Å²) in [6.07, 6.45) is 4.33.